The molecule has 7 heteroatoms. The van der Waals surface area contributed by atoms with Crippen molar-refractivity contribution in [2.75, 3.05) is 14.2 Å². The van der Waals surface area contributed by atoms with Gasteiger partial charge in [-0.25, -0.2) is 9.38 Å². The molecule has 2 aliphatic carbocycles. The van der Waals surface area contributed by atoms with Gasteiger partial charge in [-0.05, 0) is 78.6 Å². The highest BCUT2D eigenvalue weighted by Crippen LogP contribution is 2.62. The third kappa shape index (κ3) is 3.15. The summed E-state index contributed by atoms with van der Waals surface area (Å²) in [6.07, 6.45) is 5.04. The number of aliphatic imine (C=N–C) groups is 1. The molecule has 2 spiro atoms. The zero-order valence-electron chi connectivity index (χ0n) is 18.3. The minimum atomic E-state index is -0.720. The van der Waals surface area contributed by atoms with Crippen molar-refractivity contribution in [3.63, 3.8) is 0 Å². The van der Waals surface area contributed by atoms with E-state index in [0.717, 1.165) is 43.2 Å². The number of methoxy groups -OCH3 is 1. The number of nitrogens with zero attached hydrogens (tertiary/aromatic N) is 2. The van der Waals surface area contributed by atoms with Crippen LogP contribution in [0.1, 0.15) is 43.2 Å². The maximum atomic E-state index is 14.1. The summed E-state index contributed by atoms with van der Waals surface area (Å²) in [7, 11) is 3.43. The second-order valence-corrected chi connectivity index (χ2v) is 9.82. The van der Waals surface area contributed by atoms with Gasteiger partial charge in [0.1, 0.15) is 11.4 Å². The van der Waals surface area contributed by atoms with Crippen molar-refractivity contribution in [2.45, 2.75) is 50.2 Å². The number of amides is 1. The molecule has 0 bridgehead atoms. The molecule has 5 rings (SSSR count). The molecule has 0 aromatic heterocycles. The van der Waals surface area contributed by atoms with Crippen LogP contribution in [0, 0.1) is 11.2 Å². The molecule has 32 heavy (non-hydrogen) atoms. The number of fused-ring (bicyclic) bond motifs is 3. The molecule has 5 nitrogen and oxygen atoms in total. The third-order valence-corrected chi connectivity index (χ3v) is 8.03. The van der Waals surface area contributed by atoms with Gasteiger partial charge in [-0.1, -0.05) is 23.7 Å². The Hall–Kier alpha value is -2.44. The summed E-state index contributed by atoms with van der Waals surface area (Å²) in [6.45, 7) is 0. The molecule has 0 saturated heterocycles. The molecule has 0 radical (unpaired) electrons. The standard InChI is InChI=1S/C25H27ClFN3O2/c1-30-22(31)14-25(29-23(30)28)21-11-15(17-9-18(26)12-19(27)10-17)3-4-16(21)13-24(25)7-5-20(32-2)6-8-24/h3-4,9-12,20H,5-8,13-14H2,1-2H3,(H2,28,29)/t20-,24+,25?. The van der Waals surface area contributed by atoms with Crippen LogP contribution in [0.5, 0.6) is 0 Å². The first kappa shape index (κ1) is 21.4. The predicted octanol–water partition coefficient (Wildman–Crippen LogP) is 4.65. The van der Waals surface area contributed by atoms with E-state index in [1.165, 1.54) is 22.6 Å². The molecule has 3 aliphatic rings. The molecular formula is C25H27ClFN3O2. The Balaban J connectivity index is 1.68. The molecule has 2 N–H and O–H groups in total. The molecule has 2 aromatic carbocycles. The summed E-state index contributed by atoms with van der Waals surface area (Å²) < 4.78 is 19.7. The Bertz CT molecular complexity index is 1110. The fourth-order valence-corrected chi connectivity index (χ4v) is 6.24. The first-order valence-corrected chi connectivity index (χ1v) is 11.4. The van der Waals surface area contributed by atoms with E-state index in [4.69, 9.17) is 27.1 Å². The van der Waals surface area contributed by atoms with Gasteiger partial charge in [0, 0.05) is 24.6 Å². The number of guanidine groups is 1. The van der Waals surface area contributed by atoms with E-state index < -0.39 is 5.54 Å². The van der Waals surface area contributed by atoms with Crippen molar-refractivity contribution in [1.82, 2.24) is 4.90 Å². The molecule has 1 saturated carbocycles. The van der Waals surface area contributed by atoms with Crippen molar-refractivity contribution < 1.29 is 13.9 Å². The SMILES string of the molecule is CO[C@H]1CC[C@@]2(CC1)Cc1ccc(-c3cc(F)cc(Cl)c3)cc1C21CC(=O)N(C)C(N)=N1. The highest BCUT2D eigenvalue weighted by atomic mass is 35.5. The quantitative estimate of drug-likeness (QED) is 0.716. The minimum Gasteiger partial charge on any atom is -0.381 e. The number of hydrogen-bond donors (Lipinski definition) is 1. The predicted molar refractivity (Wildman–Crippen MR) is 123 cm³/mol. The van der Waals surface area contributed by atoms with Crippen LogP contribution in [0.2, 0.25) is 5.02 Å². The van der Waals surface area contributed by atoms with Crippen LogP contribution in [0.4, 0.5) is 4.39 Å². The molecule has 1 aliphatic heterocycles. The highest BCUT2D eigenvalue weighted by molar-refractivity contribution is 6.30. The van der Waals surface area contributed by atoms with Crippen LogP contribution in [-0.2, 0) is 21.5 Å². The molecule has 1 amide bonds. The van der Waals surface area contributed by atoms with Crippen LogP contribution in [0.3, 0.4) is 0 Å². The number of halogens is 2. The number of ether oxygens (including phenoxy) is 1. The van der Waals surface area contributed by atoms with Crippen molar-refractivity contribution in [3.05, 3.63) is 58.4 Å². The van der Waals surface area contributed by atoms with Gasteiger partial charge in [0.15, 0.2) is 5.96 Å². The Kier molecular flexibility index (Phi) is 5.06. The summed E-state index contributed by atoms with van der Waals surface area (Å²) in [6, 6.07) is 10.7. The lowest BCUT2D eigenvalue weighted by Gasteiger charge is -2.49. The van der Waals surface area contributed by atoms with Gasteiger partial charge in [-0.15, -0.1) is 0 Å². The lowest BCUT2D eigenvalue weighted by atomic mass is 9.60. The number of carbonyl (C=O) groups is 1. The number of carbonyl (C=O) groups excluding carboxylic acids is 1. The molecule has 1 fully saturated rings. The maximum Gasteiger partial charge on any atom is 0.231 e. The Morgan fingerprint density at radius 3 is 2.56 bits per heavy atom. The Morgan fingerprint density at radius 1 is 1.16 bits per heavy atom. The molecule has 2 aromatic rings. The van der Waals surface area contributed by atoms with Crippen LogP contribution in [0.25, 0.3) is 11.1 Å². The van der Waals surface area contributed by atoms with Crippen molar-refractivity contribution in [2.24, 2.45) is 16.1 Å². The highest BCUT2D eigenvalue weighted by Gasteiger charge is 2.61. The largest absolute Gasteiger partial charge is 0.381 e. The smallest absolute Gasteiger partial charge is 0.231 e. The van der Waals surface area contributed by atoms with Gasteiger partial charge in [0.25, 0.3) is 0 Å². The van der Waals surface area contributed by atoms with E-state index in [9.17, 15) is 9.18 Å². The van der Waals surface area contributed by atoms with E-state index in [-0.39, 0.29) is 35.6 Å². The minimum absolute atomic E-state index is 0.0298. The fraction of sp³-hybridized carbons (Fsp3) is 0.440. The van der Waals surface area contributed by atoms with E-state index in [0.29, 0.717) is 10.6 Å². The number of rotatable bonds is 2. The van der Waals surface area contributed by atoms with E-state index in [1.807, 2.05) is 6.07 Å². The second-order valence-electron chi connectivity index (χ2n) is 9.38. The molecule has 1 unspecified atom stereocenters. The van der Waals surface area contributed by atoms with Crippen LogP contribution < -0.4 is 5.73 Å². The molecule has 1 atom stereocenters. The van der Waals surface area contributed by atoms with Crippen molar-refractivity contribution >= 4 is 23.5 Å². The summed E-state index contributed by atoms with van der Waals surface area (Å²) in [5, 5.41) is 0.348. The van der Waals surface area contributed by atoms with Crippen LogP contribution in [0.15, 0.2) is 41.4 Å². The van der Waals surface area contributed by atoms with Crippen LogP contribution >= 0.6 is 11.6 Å². The number of benzene rings is 2. The first-order valence-electron chi connectivity index (χ1n) is 11.0. The fourth-order valence-electron chi connectivity index (χ4n) is 6.02. The average Bonchev–Trinajstić information content (AvgIpc) is 3.00. The Morgan fingerprint density at radius 2 is 1.91 bits per heavy atom. The summed E-state index contributed by atoms with van der Waals surface area (Å²) in [5.74, 6) is -0.159. The topological polar surface area (TPSA) is 67.9 Å². The van der Waals surface area contributed by atoms with Gasteiger partial charge in [-0.3, -0.25) is 9.69 Å². The summed E-state index contributed by atoms with van der Waals surface area (Å²) in [5.41, 5.74) is 9.13. The van der Waals surface area contributed by atoms with E-state index in [2.05, 4.69) is 12.1 Å². The lowest BCUT2D eigenvalue weighted by Crippen LogP contribution is -2.54. The first-order chi connectivity index (χ1) is 15.3. The van der Waals surface area contributed by atoms with Gasteiger partial charge in [-0.2, -0.15) is 0 Å². The van der Waals surface area contributed by atoms with Gasteiger partial charge in [0.05, 0.1) is 12.5 Å². The average molecular weight is 456 g/mol. The normalized spacial score (nSPS) is 29.5. The summed E-state index contributed by atoms with van der Waals surface area (Å²) in [4.78, 5) is 19.5. The van der Waals surface area contributed by atoms with Gasteiger partial charge in [0.2, 0.25) is 5.91 Å². The second kappa shape index (κ2) is 7.56. The van der Waals surface area contributed by atoms with E-state index >= 15 is 0 Å². The Labute approximate surface area is 192 Å². The monoisotopic (exact) mass is 455 g/mol. The molecule has 1 heterocycles. The lowest BCUT2D eigenvalue weighted by molar-refractivity contribution is -0.131. The third-order valence-electron chi connectivity index (χ3n) is 7.81. The van der Waals surface area contributed by atoms with Crippen LogP contribution in [-0.4, -0.2) is 37.0 Å². The maximum absolute atomic E-state index is 14.1. The van der Waals surface area contributed by atoms with Crippen molar-refractivity contribution in [3.8, 4) is 11.1 Å². The summed E-state index contributed by atoms with van der Waals surface area (Å²) >= 11 is 6.12. The zero-order valence-corrected chi connectivity index (χ0v) is 19.1. The van der Waals surface area contributed by atoms with Gasteiger partial charge < -0.3 is 10.5 Å². The van der Waals surface area contributed by atoms with Crippen molar-refractivity contribution in [1.29, 1.82) is 0 Å². The molecule has 168 valence electrons. The number of nitrogens with two attached hydrogens (primary N) is 1. The zero-order chi connectivity index (χ0) is 22.7. The molecular weight excluding hydrogens is 429 g/mol. The van der Waals surface area contributed by atoms with E-state index in [1.54, 1.807) is 20.2 Å². The van der Waals surface area contributed by atoms with Gasteiger partial charge >= 0.3 is 0 Å². The number of hydrogen-bond acceptors (Lipinski definition) is 4.